The fourth-order valence-corrected chi connectivity index (χ4v) is 4.91. The molecule has 174 valence electrons. The Morgan fingerprint density at radius 2 is 2.21 bits per heavy atom. The standard InChI is InChI=1S/C24H28FN5O2S/c1-2-20(31)14-6-7-17(19(25)10-14)21-11-18(23(26)32)24(33-21)30-22-5-3-4-16(29-22)13-28-15-8-9-27-12-15/h3-7,10-11,15,20,27-28,31H,2,8-9,12-13H2,1H3,(H2,26,32)(H,29,30). The van der Waals surface area contributed by atoms with E-state index in [0.717, 1.165) is 25.2 Å². The van der Waals surface area contributed by atoms with Crippen molar-refractivity contribution in [3.05, 3.63) is 65.1 Å². The van der Waals surface area contributed by atoms with Crippen LogP contribution in [-0.2, 0) is 6.54 Å². The Bertz CT molecular complexity index is 1130. The molecule has 4 rings (SSSR count). The first-order chi connectivity index (χ1) is 15.9. The van der Waals surface area contributed by atoms with Crippen molar-refractivity contribution in [2.45, 2.75) is 38.5 Å². The van der Waals surface area contributed by atoms with Crippen LogP contribution in [0, 0.1) is 5.82 Å². The molecule has 0 radical (unpaired) electrons. The Morgan fingerprint density at radius 3 is 2.91 bits per heavy atom. The van der Waals surface area contributed by atoms with E-state index >= 15 is 0 Å². The molecule has 0 spiro atoms. The highest BCUT2D eigenvalue weighted by atomic mass is 32.1. The number of nitrogens with two attached hydrogens (primary N) is 1. The second-order valence-electron chi connectivity index (χ2n) is 8.09. The predicted octanol–water partition coefficient (Wildman–Crippen LogP) is 3.69. The van der Waals surface area contributed by atoms with Crippen LogP contribution in [0.15, 0.2) is 42.5 Å². The molecule has 9 heteroatoms. The number of carbonyl (C=O) groups excluding carboxylic acids is 1. The molecule has 1 amide bonds. The molecule has 0 saturated carbocycles. The maximum atomic E-state index is 14.8. The number of aliphatic hydroxyl groups excluding tert-OH is 1. The van der Waals surface area contributed by atoms with Crippen LogP contribution in [-0.4, -0.2) is 35.1 Å². The van der Waals surface area contributed by atoms with Gasteiger partial charge in [0.25, 0.3) is 5.91 Å². The van der Waals surface area contributed by atoms with Gasteiger partial charge in [0.1, 0.15) is 16.6 Å². The average molecular weight is 470 g/mol. The number of hydrogen-bond donors (Lipinski definition) is 5. The van der Waals surface area contributed by atoms with Gasteiger partial charge in [-0.3, -0.25) is 4.79 Å². The Labute approximate surface area is 196 Å². The highest BCUT2D eigenvalue weighted by molar-refractivity contribution is 7.19. The van der Waals surface area contributed by atoms with Gasteiger partial charge in [-0.15, -0.1) is 11.3 Å². The molecule has 1 saturated heterocycles. The summed E-state index contributed by atoms with van der Waals surface area (Å²) in [5.41, 5.74) is 7.61. The minimum atomic E-state index is -0.715. The summed E-state index contributed by atoms with van der Waals surface area (Å²) in [6, 6.07) is 12.3. The molecule has 1 aliphatic heterocycles. The van der Waals surface area contributed by atoms with Gasteiger partial charge < -0.3 is 26.8 Å². The third kappa shape index (κ3) is 5.56. The first kappa shape index (κ1) is 23.3. The van der Waals surface area contributed by atoms with Crippen LogP contribution in [0.4, 0.5) is 15.2 Å². The molecule has 7 nitrogen and oxygen atoms in total. The number of primary amides is 1. The molecule has 0 bridgehead atoms. The average Bonchev–Trinajstić information content (AvgIpc) is 3.47. The smallest absolute Gasteiger partial charge is 0.251 e. The number of rotatable bonds is 9. The zero-order chi connectivity index (χ0) is 23.4. The molecule has 33 heavy (non-hydrogen) atoms. The van der Waals surface area contributed by atoms with Gasteiger partial charge in [-0.2, -0.15) is 0 Å². The number of amides is 1. The summed E-state index contributed by atoms with van der Waals surface area (Å²) in [6.07, 6.45) is 0.872. The number of hydrogen-bond acceptors (Lipinski definition) is 7. The Hall–Kier alpha value is -2.85. The van der Waals surface area contributed by atoms with Crippen molar-refractivity contribution in [1.29, 1.82) is 0 Å². The van der Waals surface area contributed by atoms with Crippen molar-refractivity contribution < 1.29 is 14.3 Å². The van der Waals surface area contributed by atoms with Gasteiger partial charge in [0.05, 0.1) is 17.4 Å². The van der Waals surface area contributed by atoms with Crippen molar-refractivity contribution in [2.24, 2.45) is 5.73 Å². The summed E-state index contributed by atoms with van der Waals surface area (Å²) < 4.78 is 14.8. The minimum absolute atomic E-state index is 0.273. The molecule has 3 aromatic rings. The maximum Gasteiger partial charge on any atom is 0.251 e. The van der Waals surface area contributed by atoms with Gasteiger partial charge in [-0.25, -0.2) is 9.37 Å². The molecular formula is C24H28FN5O2S. The van der Waals surface area contributed by atoms with Crippen LogP contribution in [0.1, 0.15) is 47.5 Å². The van der Waals surface area contributed by atoms with Crippen LogP contribution >= 0.6 is 11.3 Å². The van der Waals surface area contributed by atoms with E-state index < -0.39 is 17.8 Å². The first-order valence-electron chi connectivity index (χ1n) is 11.0. The Balaban J connectivity index is 1.55. The van der Waals surface area contributed by atoms with Crippen LogP contribution in [0.5, 0.6) is 0 Å². The van der Waals surface area contributed by atoms with E-state index in [4.69, 9.17) is 5.73 Å². The molecule has 2 atom stereocenters. The van der Waals surface area contributed by atoms with Crippen molar-refractivity contribution in [2.75, 3.05) is 18.4 Å². The fraction of sp³-hybridized carbons (Fsp3) is 0.333. The van der Waals surface area contributed by atoms with E-state index in [-0.39, 0.29) is 5.56 Å². The largest absolute Gasteiger partial charge is 0.388 e. The number of anilines is 2. The first-order valence-corrected chi connectivity index (χ1v) is 11.8. The Morgan fingerprint density at radius 1 is 1.36 bits per heavy atom. The molecule has 0 aliphatic carbocycles. The third-order valence-electron chi connectivity index (χ3n) is 5.71. The summed E-state index contributed by atoms with van der Waals surface area (Å²) in [4.78, 5) is 17.3. The van der Waals surface area contributed by atoms with Gasteiger partial charge in [0.2, 0.25) is 0 Å². The number of nitrogens with zero attached hydrogens (tertiary/aromatic N) is 1. The molecule has 2 unspecified atom stereocenters. The van der Waals surface area contributed by atoms with E-state index in [1.54, 1.807) is 18.2 Å². The lowest BCUT2D eigenvalue weighted by molar-refractivity contribution is 0.100. The van der Waals surface area contributed by atoms with Gasteiger partial charge in [0, 0.05) is 29.6 Å². The number of aromatic nitrogens is 1. The minimum Gasteiger partial charge on any atom is -0.388 e. The predicted molar refractivity (Wildman–Crippen MR) is 129 cm³/mol. The zero-order valence-corrected chi connectivity index (χ0v) is 19.2. The molecule has 2 aromatic heterocycles. The Kier molecular flexibility index (Phi) is 7.34. The second-order valence-corrected chi connectivity index (χ2v) is 9.14. The molecule has 1 aromatic carbocycles. The normalized spacial score (nSPS) is 16.6. The van der Waals surface area contributed by atoms with Gasteiger partial charge in [-0.05, 0) is 49.2 Å². The lowest BCUT2D eigenvalue weighted by Crippen LogP contribution is -2.30. The van der Waals surface area contributed by atoms with E-state index in [2.05, 4.69) is 20.9 Å². The van der Waals surface area contributed by atoms with Crippen molar-refractivity contribution in [3.63, 3.8) is 0 Å². The van der Waals surface area contributed by atoms with Crippen LogP contribution in [0.3, 0.4) is 0 Å². The van der Waals surface area contributed by atoms with Crippen molar-refractivity contribution in [1.82, 2.24) is 15.6 Å². The number of nitrogens with one attached hydrogen (secondary N) is 3. The van der Waals surface area contributed by atoms with E-state index in [9.17, 15) is 14.3 Å². The van der Waals surface area contributed by atoms with E-state index in [0.29, 0.717) is 45.8 Å². The van der Waals surface area contributed by atoms with Crippen molar-refractivity contribution in [3.8, 4) is 10.4 Å². The van der Waals surface area contributed by atoms with Crippen LogP contribution in [0.25, 0.3) is 10.4 Å². The highest BCUT2D eigenvalue weighted by Crippen LogP contribution is 2.38. The van der Waals surface area contributed by atoms with Crippen LogP contribution in [0.2, 0.25) is 0 Å². The molecule has 1 fully saturated rings. The monoisotopic (exact) mass is 469 g/mol. The van der Waals surface area contributed by atoms with Gasteiger partial charge >= 0.3 is 0 Å². The van der Waals surface area contributed by atoms with Crippen molar-refractivity contribution >= 4 is 28.1 Å². The van der Waals surface area contributed by atoms with E-state index in [1.165, 1.54) is 17.4 Å². The molecule has 1 aliphatic rings. The molecular weight excluding hydrogens is 441 g/mol. The molecule has 3 heterocycles. The zero-order valence-electron chi connectivity index (χ0n) is 18.4. The lowest BCUT2D eigenvalue weighted by Gasteiger charge is -2.12. The number of benzene rings is 1. The summed E-state index contributed by atoms with van der Waals surface area (Å²) in [7, 11) is 0. The highest BCUT2D eigenvalue weighted by Gasteiger charge is 2.19. The number of aliphatic hydroxyl groups is 1. The fourth-order valence-electron chi connectivity index (χ4n) is 3.82. The summed E-state index contributed by atoms with van der Waals surface area (Å²) in [6.45, 7) is 4.44. The number of carbonyl (C=O) groups is 1. The molecule has 6 N–H and O–H groups in total. The van der Waals surface area contributed by atoms with E-state index in [1.807, 2.05) is 25.1 Å². The summed E-state index contributed by atoms with van der Waals surface area (Å²) in [5, 5.41) is 20.5. The van der Waals surface area contributed by atoms with Gasteiger partial charge in [-0.1, -0.05) is 25.1 Å². The third-order valence-corrected chi connectivity index (χ3v) is 6.79. The number of thiophene rings is 1. The number of halogens is 1. The topological polar surface area (TPSA) is 112 Å². The van der Waals surface area contributed by atoms with Crippen LogP contribution < -0.4 is 21.7 Å². The maximum absolute atomic E-state index is 14.8. The lowest BCUT2D eigenvalue weighted by atomic mass is 10.0. The van der Waals surface area contributed by atoms with Gasteiger partial charge in [0.15, 0.2) is 0 Å². The summed E-state index contributed by atoms with van der Waals surface area (Å²) in [5.74, 6) is -0.488. The summed E-state index contributed by atoms with van der Waals surface area (Å²) >= 11 is 1.23. The quantitative estimate of drug-likeness (QED) is 0.327. The SMILES string of the molecule is CCC(O)c1ccc(-c2cc(C(N)=O)c(Nc3cccc(CNC4CCNC4)n3)s2)c(F)c1. The second kappa shape index (κ2) is 10.4. The number of pyridine rings is 1.